The molecule has 0 radical (unpaired) electrons. The maximum Gasteiger partial charge on any atom is 0.167 e. The molecule has 0 saturated heterocycles. The molecule has 0 amide bonds. The highest BCUT2D eigenvalue weighted by Gasteiger charge is 2.17. The first-order chi connectivity index (χ1) is 4.04. The molecule has 0 aliphatic rings. The molecule has 2 nitrogen and oxygen atoms in total. The predicted molar refractivity (Wildman–Crippen MR) is 39.8 cm³/mol. The first-order valence-corrected chi connectivity index (χ1v) is 5.16. The van der Waals surface area contributed by atoms with Gasteiger partial charge in [0, 0.05) is 5.88 Å². The van der Waals surface area contributed by atoms with Crippen LogP contribution < -0.4 is 0 Å². The SMILES string of the molecule is CC(CCl)S(=O)(=O)CCl. The summed E-state index contributed by atoms with van der Waals surface area (Å²) in [5.41, 5.74) is 0. The zero-order valence-corrected chi connectivity index (χ0v) is 7.30. The minimum absolute atomic E-state index is 0.106. The van der Waals surface area contributed by atoms with E-state index in [0.29, 0.717) is 0 Å². The molecule has 0 bridgehead atoms. The summed E-state index contributed by atoms with van der Waals surface area (Å²) in [7, 11) is -3.11. The fraction of sp³-hybridized carbons (Fsp3) is 1.00. The summed E-state index contributed by atoms with van der Waals surface area (Å²) in [4.78, 5) is 0. The van der Waals surface area contributed by atoms with Crippen molar-refractivity contribution in [1.29, 1.82) is 0 Å². The molecule has 0 aromatic carbocycles. The van der Waals surface area contributed by atoms with Gasteiger partial charge in [-0.25, -0.2) is 8.42 Å². The van der Waals surface area contributed by atoms with Gasteiger partial charge < -0.3 is 0 Å². The van der Waals surface area contributed by atoms with E-state index in [0.717, 1.165) is 0 Å². The number of alkyl halides is 2. The van der Waals surface area contributed by atoms with Gasteiger partial charge in [-0.3, -0.25) is 0 Å². The quantitative estimate of drug-likeness (QED) is 0.628. The molecule has 0 spiro atoms. The van der Waals surface area contributed by atoms with E-state index in [-0.39, 0.29) is 11.1 Å². The van der Waals surface area contributed by atoms with Crippen LogP contribution in [0.4, 0.5) is 0 Å². The Morgan fingerprint density at radius 1 is 1.44 bits per heavy atom. The second kappa shape index (κ2) is 3.64. The molecule has 5 heteroatoms. The van der Waals surface area contributed by atoms with Gasteiger partial charge in [0.25, 0.3) is 0 Å². The van der Waals surface area contributed by atoms with Crippen molar-refractivity contribution in [3.05, 3.63) is 0 Å². The molecule has 0 aromatic heterocycles. The molecule has 0 aliphatic carbocycles. The zero-order chi connectivity index (χ0) is 7.49. The monoisotopic (exact) mass is 190 g/mol. The summed E-state index contributed by atoms with van der Waals surface area (Å²) in [6.07, 6.45) is 0. The fourth-order valence-corrected chi connectivity index (χ4v) is 1.83. The van der Waals surface area contributed by atoms with E-state index in [1.54, 1.807) is 0 Å². The maximum atomic E-state index is 10.7. The van der Waals surface area contributed by atoms with Gasteiger partial charge in [-0.1, -0.05) is 0 Å². The summed E-state index contributed by atoms with van der Waals surface area (Å²) in [6, 6.07) is 0. The second-order valence-electron chi connectivity index (χ2n) is 1.74. The van der Waals surface area contributed by atoms with Crippen molar-refractivity contribution in [3.63, 3.8) is 0 Å². The zero-order valence-electron chi connectivity index (χ0n) is 4.97. The third-order valence-corrected chi connectivity index (χ3v) is 4.24. The first-order valence-electron chi connectivity index (χ1n) is 2.38. The Balaban J connectivity index is 4.17. The molecular weight excluding hydrogens is 183 g/mol. The van der Waals surface area contributed by atoms with Crippen LogP contribution in [0.2, 0.25) is 0 Å². The highest BCUT2D eigenvalue weighted by molar-refractivity contribution is 7.93. The van der Waals surface area contributed by atoms with E-state index in [2.05, 4.69) is 0 Å². The summed E-state index contributed by atoms with van der Waals surface area (Å²) < 4.78 is 21.4. The molecule has 0 rings (SSSR count). The summed E-state index contributed by atoms with van der Waals surface area (Å²) >= 11 is 10.4. The van der Waals surface area contributed by atoms with Crippen molar-refractivity contribution in [2.24, 2.45) is 0 Å². The Kier molecular flexibility index (Phi) is 3.85. The molecule has 1 unspecified atom stereocenters. The molecule has 0 saturated carbocycles. The Morgan fingerprint density at radius 2 is 1.89 bits per heavy atom. The minimum Gasteiger partial charge on any atom is -0.227 e. The lowest BCUT2D eigenvalue weighted by molar-refractivity contribution is 0.592. The lowest BCUT2D eigenvalue weighted by Crippen LogP contribution is -2.19. The number of rotatable bonds is 3. The van der Waals surface area contributed by atoms with Crippen molar-refractivity contribution < 1.29 is 8.42 Å². The second-order valence-corrected chi connectivity index (χ2v) is 5.05. The van der Waals surface area contributed by atoms with Crippen LogP contribution in [0.3, 0.4) is 0 Å². The molecule has 56 valence electrons. The van der Waals surface area contributed by atoms with Crippen LogP contribution in [-0.4, -0.2) is 24.8 Å². The van der Waals surface area contributed by atoms with Crippen LogP contribution >= 0.6 is 23.2 Å². The van der Waals surface area contributed by atoms with Crippen LogP contribution in [0.25, 0.3) is 0 Å². The van der Waals surface area contributed by atoms with Crippen molar-refractivity contribution in [3.8, 4) is 0 Å². The lowest BCUT2D eigenvalue weighted by atomic mass is 10.6. The average molecular weight is 191 g/mol. The van der Waals surface area contributed by atoms with Gasteiger partial charge in [-0.2, -0.15) is 0 Å². The third kappa shape index (κ3) is 2.74. The maximum absolute atomic E-state index is 10.7. The van der Waals surface area contributed by atoms with Gasteiger partial charge in [-0.05, 0) is 6.92 Å². The molecule has 9 heavy (non-hydrogen) atoms. The molecular formula is C4H8Cl2O2S. The van der Waals surface area contributed by atoms with Crippen molar-refractivity contribution in [2.75, 3.05) is 11.1 Å². The standard InChI is InChI=1S/C4H8Cl2O2S/c1-4(2-5)9(7,8)3-6/h4H,2-3H2,1H3. The van der Waals surface area contributed by atoms with Crippen LogP contribution in [0, 0.1) is 0 Å². The van der Waals surface area contributed by atoms with E-state index in [1.807, 2.05) is 0 Å². The highest BCUT2D eigenvalue weighted by atomic mass is 35.5. The van der Waals surface area contributed by atoms with E-state index >= 15 is 0 Å². The fourth-order valence-electron chi connectivity index (χ4n) is 0.204. The van der Waals surface area contributed by atoms with Crippen molar-refractivity contribution in [1.82, 2.24) is 0 Å². The van der Waals surface area contributed by atoms with Crippen LogP contribution in [0.1, 0.15) is 6.92 Å². The highest BCUT2D eigenvalue weighted by Crippen LogP contribution is 2.04. The van der Waals surface area contributed by atoms with Crippen LogP contribution in [0.5, 0.6) is 0 Å². The van der Waals surface area contributed by atoms with E-state index in [4.69, 9.17) is 23.2 Å². The summed E-state index contributed by atoms with van der Waals surface area (Å²) in [5, 5.41) is -0.877. The number of halogens is 2. The topological polar surface area (TPSA) is 34.1 Å². The Labute approximate surface area is 65.1 Å². The number of sulfone groups is 1. The Bertz CT molecular complexity index is 163. The summed E-state index contributed by atoms with van der Waals surface area (Å²) in [6.45, 7) is 1.53. The number of hydrogen-bond donors (Lipinski definition) is 0. The van der Waals surface area contributed by atoms with E-state index in [9.17, 15) is 8.42 Å². The van der Waals surface area contributed by atoms with Gasteiger partial charge in [0.1, 0.15) is 5.21 Å². The minimum atomic E-state index is -3.11. The van der Waals surface area contributed by atoms with E-state index < -0.39 is 15.1 Å². The lowest BCUT2D eigenvalue weighted by Gasteiger charge is -2.03. The normalized spacial score (nSPS) is 15.4. The van der Waals surface area contributed by atoms with Gasteiger partial charge in [0.15, 0.2) is 9.84 Å². The molecule has 1 atom stereocenters. The van der Waals surface area contributed by atoms with Crippen LogP contribution in [-0.2, 0) is 9.84 Å². The number of hydrogen-bond acceptors (Lipinski definition) is 2. The predicted octanol–water partition coefficient (Wildman–Crippen LogP) is 1.22. The third-order valence-electron chi connectivity index (χ3n) is 0.982. The van der Waals surface area contributed by atoms with Gasteiger partial charge in [0.05, 0.1) is 5.25 Å². The largest absolute Gasteiger partial charge is 0.227 e. The van der Waals surface area contributed by atoms with Crippen LogP contribution in [0.15, 0.2) is 0 Å². The van der Waals surface area contributed by atoms with Gasteiger partial charge in [0.2, 0.25) is 0 Å². The molecule has 0 aliphatic heterocycles. The van der Waals surface area contributed by atoms with Gasteiger partial charge in [-0.15, -0.1) is 23.2 Å². The average Bonchev–Trinajstić information content (AvgIpc) is 1.86. The van der Waals surface area contributed by atoms with Crippen molar-refractivity contribution in [2.45, 2.75) is 12.2 Å². The molecule has 0 N–H and O–H groups in total. The summed E-state index contributed by atoms with van der Waals surface area (Å²) in [5.74, 6) is 0.106. The molecule has 0 heterocycles. The van der Waals surface area contributed by atoms with Crippen molar-refractivity contribution >= 4 is 33.0 Å². The molecule has 0 fully saturated rings. The molecule has 0 aromatic rings. The first kappa shape index (κ1) is 9.53. The van der Waals surface area contributed by atoms with Gasteiger partial charge >= 0.3 is 0 Å². The smallest absolute Gasteiger partial charge is 0.167 e. The Hall–Kier alpha value is 0.530. The van der Waals surface area contributed by atoms with E-state index in [1.165, 1.54) is 6.92 Å². The Morgan fingerprint density at radius 3 is 2.00 bits per heavy atom.